The molecule has 24 heteroatoms. The molecule has 5 aromatic carbocycles. The third kappa shape index (κ3) is 19.3. The Hall–Kier alpha value is -6.18. The van der Waals surface area contributed by atoms with E-state index < -0.39 is 79.6 Å². The molecule has 4 heterocycles. The molecule has 0 spiro atoms. The smallest absolute Gasteiger partial charge is 0.426 e. The van der Waals surface area contributed by atoms with Crippen LogP contribution in [0.15, 0.2) is 118 Å². The van der Waals surface area contributed by atoms with Crippen LogP contribution >= 0.6 is 42.3 Å². The lowest BCUT2D eigenvalue weighted by molar-refractivity contribution is -0.239. The predicted molar refractivity (Wildman–Crippen MR) is 394 cm³/mol. The number of carbonyl (C=O) groups is 5. The number of ether oxygens (including phenoxy) is 7. The Labute approximate surface area is 622 Å². The van der Waals surface area contributed by atoms with Crippen LogP contribution in [0.1, 0.15) is 186 Å². The molecule has 6 aromatic rings. The molecule has 4 saturated carbocycles. The monoisotopic (exact) mass is 1600 g/mol. The van der Waals surface area contributed by atoms with Gasteiger partial charge in [-0.05, 0) is 235 Å². The quantitative estimate of drug-likeness (QED) is 0.0199. The van der Waals surface area contributed by atoms with Gasteiger partial charge in [-0.3, -0.25) is 24.0 Å². The highest BCUT2D eigenvalue weighted by atomic mass is 79.9. The Kier molecular flexibility index (Phi) is 25.7. The van der Waals surface area contributed by atoms with Crippen molar-refractivity contribution in [1.82, 2.24) is 0 Å². The second kappa shape index (κ2) is 32.1. The van der Waals surface area contributed by atoms with E-state index in [-0.39, 0.29) is 87.3 Å². The molecule has 3 saturated heterocycles. The first-order valence-electron chi connectivity index (χ1n) is 35.3. The summed E-state index contributed by atoms with van der Waals surface area (Å²) in [7, 11) is -5.21. The van der Waals surface area contributed by atoms with E-state index in [0.29, 0.717) is 71.8 Å². The predicted octanol–water partition coefficient (Wildman–Crippen LogP) is 19.4. The molecule has 103 heavy (non-hydrogen) atoms. The van der Waals surface area contributed by atoms with Crippen molar-refractivity contribution in [1.29, 1.82) is 0 Å². The van der Waals surface area contributed by atoms with Gasteiger partial charge in [-0.2, -0.15) is 13.2 Å². The number of phenols is 1. The fraction of sp³-hybridized carbons (Fsp3) is 0.557. The minimum absolute atomic E-state index is 0.000353. The van der Waals surface area contributed by atoms with Crippen molar-refractivity contribution < 1.29 is 92.8 Å². The molecule has 16 nitrogen and oxygen atoms in total. The summed E-state index contributed by atoms with van der Waals surface area (Å²) in [6.45, 7) is 28.9. The fourth-order valence-electron chi connectivity index (χ4n) is 13.7. The van der Waals surface area contributed by atoms with E-state index in [1.54, 1.807) is 32.0 Å². The minimum Gasteiger partial charge on any atom is -0.748 e. The molecule has 564 valence electrons. The number of hydrogen-bond acceptors (Lipinski definition) is 16. The van der Waals surface area contributed by atoms with Crippen LogP contribution in [0, 0.1) is 45.2 Å². The topological polar surface area (TPSA) is 227 Å². The zero-order valence-electron chi connectivity index (χ0n) is 61.4. The maximum absolute atomic E-state index is 14.1. The molecule has 1 aromatic heterocycles. The van der Waals surface area contributed by atoms with Gasteiger partial charge in [0.1, 0.15) is 28.8 Å². The first-order chi connectivity index (χ1) is 47.9. The Morgan fingerprint density at radius 1 is 0.670 bits per heavy atom. The molecule has 8 unspecified atom stereocenters. The number of alkyl halides is 3. The average Bonchev–Trinajstić information content (AvgIpc) is 1.54. The lowest BCUT2D eigenvalue weighted by atomic mass is 9.48. The number of rotatable bonds is 19. The molecule has 7 aliphatic rings. The van der Waals surface area contributed by atoms with E-state index in [2.05, 4.69) is 136 Å². The summed E-state index contributed by atoms with van der Waals surface area (Å²) in [6, 6.07) is 36.8. The van der Waals surface area contributed by atoms with E-state index >= 15 is 0 Å². The summed E-state index contributed by atoms with van der Waals surface area (Å²) in [5.74, 6) is -3.78. The lowest BCUT2D eigenvalue weighted by Gasteiger charge is -2.60. The van der Waals surface area contributed by atoms with Gasteiger partial charge < -0.3 is 42.8 Å². The highest BCUT2D eigenvalue weighted by molar-refractivity contribution is 9.11. The summed E-state index contributed by atoms with van der Waals surface area (Å²) < 4.78 is 128. The number of thiophene rings is 1. The van der Waals surface area contributed by atoms with Gasteiger partial charge in [0.25, 0.3) is 0 Å². The van der Waals surface area contributed by atoms with Gasteiger partial charge in [-0.1, -0.05) is 97.0 Å². The van der Waals surface area contributed by atoms with Crippen molar-refractivity contribution in [3.63, 3.8) is 0 Å². The van der Waals surface area contributed by atoms with Crippen LogP contribution in [0.25, 0.3) is 25.1 Å². The highest BCUT2D eigenvalue weighted by Crippen LogP contribution is 2.64. The first kappa shape index (κ1) is 82.5. The second-order valence-electron chi connectivity index (χ2n) is 31.3. The van der Waals surface area contributed by atoms with Gasteiger partial charge in [-0.25, -0.2) is 12.8 Å². The number of halogens is 6. The van der Waals surface area contributed by atoms with Gasteiger partial charge in [0.15, 0.2) is 38.1 Å². The van der Waals surface area contributed by atoms with Crippen molar-refractivity contribution in [2.45, 2.75) is 234 Å². The van der Waals surface area contributed by atoms with Gasteiger partial charge in [0.05, 0.1) is 58.5 Å². The first-order valence-corrected chi connectivity index (χ1v) is 39.7. The molecule has 0 radical (unpaired) electrons. The van der Waals surface area contributed by atoms with Crippen molar-refractivity contribution >= 4 is 102 Å². The van der Waals surface area contributed by atoms with E-state index in [1.807, 2.05) is 75.3 Å². The standard InChI is InChI=1S/C20H29F3O7S.C18H13S.C16H25FO.C13H18O5.C12H14Br2O3/c1-4-17(2,3)15(24)30-19-8-12-5-13(9-19)7-18(6-12,11-19)16(25)29-14(20(21,22)23)10-31(26,27)28;1-2-8-14(9-3-1)19-17-12-6-4-10-15(17)16-11-5-7-13-18(16)19;1-7-15(3,4)12-9-10-14(13(17)11-12)18-16(5,6)8-2;1-4-13(2,3)12(15)18-9-7-5-6-8(16-7)10(9)17-11(6)14;1-4-12(2,3)11(16)17-10-6-7(13)9(15)5-8(10)14/h12-14H,4-11H2,1-3H3,(H,26,27,28);1-13H;9-11H,7-8H2,1-6H3;6-10H,4-5H2,1-3H3;5-6,15H,4H2,1-3H3/q;+1;;;/p-1. The average molecular weight is 1600 g/mol. The maximum atomic E-state index is 14.1. The molecule has 8 atom stereocenters. The molecule has 4 aliphatic carbocycles. The summed E-state index contributed by atoms with van der Waals surface area (Å²) in [4.78, 5) is 62.6. The highest BCUT2D eigenvalue weighted by Gasteiger charge is 2.66. The third-order valence-electron chi connectivity index (χ3n) is 21.6. The van der Waals surface area contributed by atoms with Crippen molar-refractivity contribution in [2.24, 2.45) is 39.4 Å². The maximum Gasteiger partial charge on any atom is 0.426 e. The summed E-state index contributed by atoms with van der Waals surface area (Å²) in [5, 5.41) is 12.2. The van der Waals surface area contributed by atoms with Crippen LogP contribution in [-0.4, -0.2) is 102 Å². The number of fused-ring (bicyclic) bond motifs is 4. The van der Waals surface area contributed by atoms with E-state index in [4.69, 9.17) is 28.4 Å². The molecule has 13 rings (SSSR count). The Bertz CT molecular complexity index is 4100. The van der Waals surface area contributed by atoms with Crippen molar-refractivity contribution in [3.8, 4) is 22.1 Å². The van der Waals surface area contributed by atoms with Crippen LogP contribution in [-0.2, 0) is 63.2 Å². The summed E-state index contributed by atoms with van der Waals surface area (Å²) >= 11 is 6.42. The normalized spacial score (nSPS) is 23.5. The zero-order valence-corrected chi connectivity index (χ0v) is 66.2. The van der Waals surface area contributed by atoms with Crippen molar-refractivity contribution in [3.05, 3.63) is 130 Å². The van der Waals surface area contributed by atoms with Gasteiger partial charge in [0, 0.05) is 33.7 Å². The largest absolute Gasteiger partial charge is 0.748 e. The van der Waals surface area contributed by atoms with E-state index in [9.17, 15) is 59.6 Å². The number of aromatic hydroxyl groups is 1. The Morgan fingerprint density at radius 2 is 1.21 bits per heavy atom. The molecule has 1 N–H and O–H groups in total. The fourth-order valence-corrected chi connectivity index (χ4v) is 17.4. The number of phenolic OH excluding ortho intramolecular Hbond substituents is 1. The molecular weight excluding hydrogens is 1500 g/mol. The number of hydrogen-bond donors (Lipinski definition) is 1. The molecule has 7 fully saturated rings. The van der Waals surface area contributed by atoms with Crippen molar-refractivity contribution in [2.75, 3.05) is 5.75 Å². The number of carbonyl (C=O) groups excluding carboxylic acids is 5. The minimum atomic E-state index is -5.27. The van der Waals surface area contributed by atoms with Gasteiger partial charge in [0.2, 0.25) is 6.10 Å². The van der Waals surface area contributed by atoms with E-state index in [1.165, 1.54) is 31.1 Å². The lowest BCUT2D eigenvalue weighted by Crippen LogP contribution is -2.61. The van der Waals surface area contributed by atoms with Gasteiger partial charge >= 0.3 is 36.0 Å². The summed E-state index contributed by atoms with van der Waals surface area (Å²) in [5.41, 5.74) is -3.30. The van der Waals surface area contributed by atoms with Crippen LogP contribution < -0.4 is 9.47 Å². The Balaban J connectivity index is 0.000000167. The van der Waals surface area contributed by atoms with Crippen LogP contribution in [0.4, 0.5) is 17.6 Å². The summed E-state index contributed by atoms with van der Waals surface area (Å²) in [6.07, 6.45) is -2.49. The Morgan fingerprint density at radius 3 is 1.74 bits per heavy atom. The second-order valence-corrected chi connectivity index (χ2v) is 36.4. The van der Waals surface area contributed by atoms with Crippen LogP contribution in [0.3, 0.4) is 0 Å². The SMILES string of the molecule is CCC(C)(C)C(=O)OC12CC3CC(C1)CC(C(=O)OC(CS(=O)(=O)[O-])C(F)(F)F)(C3)C2.CCC(C)(C)C(=O)OC1C2CC3C(=O)OC1C3O2.CCC(C)(C)C(=O)Oc1cc(Br)c(O)cc1Br.CCC(C)(C)Oc1ccc(C(C)(C)CC)cc1F.c1ccc(-[s+]2c3ccccc3c3ccccc32)cc1. The molecule has 3 aliphatic heterocycles. The number of benzene rings is 5. The zero-order chi connectivity index (χ0) is 76.4. The third-order valence-corrected chi connectivity index (χ3v) is 25.9. The van der Waals surface area contributed by atoms with Gasteiger partial charge in [-0.15, -0.1) is 0 Å². The van der Waals surface area contributed by atoms with Crippen LogP contribution in [0.2, 0.25) is 0 Å². The molecule has 0 amide bonds. The molecule has 6 bridgehead atoms. The van der Waals surface area contributed by atoms with E-state index in [0.717, 1.165) is 24.8 Å². The molecular formula is C79H98Br2F4O16S2. The number of esters is 5. The van der Waals surface area contributed by atoms with Crippen LogP contribution in [0.5, 0.6) is 17.2 Å².